The molecule has 4 heteroatoms. The van der Waals surface area contributed by atoms with Gasteiger partial charge in [-0.1, -0.05) is 25.1 Å². The van der Waals surface area contributed by atoms with Crippen molar-refractivity contribution in [3.8, 4) is 5.75 Å². The van der Waals surface area contributed by atoms with Gasteiger partial charge in [0.15, 0.2) is 0 Å². The number of para-hydroxylation sites is 1. The number of pyridine rings is 1. The Kier molecular flexibility index (Phi) is 6.02. The fourth-order valence-electron chi connectivity index (χ4n) is 1.77. The van der Waals surface area contributed by atoms with Crippen LogP contribution < -0.4 is 10.1 Å². The summed E-state index contributed by atoms with van der Waals surface area (Å²) in [7, 11) is 0. The molecule has 0 aliphatic carbocycles. The van der Waals surface area contributed by atoms with E-state index in [4.69, 9.17) is 4.74 Å². The number of rotatable bonds is 7. The summed E-state index contributed by atoms with van der Waals surface area (Å²) in [6.45, 7) is 4.54. The molecule has 0 amide bonds. The molecule has 2 rings (SSSR count). The van der Waals surface area contributed by atoms with E-state index in [1.807, 2.05) is 36.5 Å². The van der Waals surface area contributed by atoms with E-state index in [-0.39, 0.29) is 0 Å². The lowest BCUT2D eigenvalue weighted by molar-refractivity contribution is 0.299. The van der Waals surface area contributed by atoms with Crippen molar-refractivity contribution in [1.82, 2.24) is 10.3 Å². The normalized spacial score (nSPS) is 10.5. The third-order valence-corrected chi connectivity index (χ3v) is 3.51. The largest absolute Gasteiger partial charge is 0.486 e. The van der Waals surface area contributed by atoms with E-state index >= 15 is 0 Å². The number of nitrogens with one attached hydrogen (secondary N) is 1. The summed E-state index contributed by atoms with van der Waals surface area (Å²) in [5.41, 5.74) is 2.13. The van der Waals surface area contributed by atoms with Gasteiger partial charge in [0.1, 0.15) is 12.4 Å². The Morgan fingerprint density at radius 1 is 1.20 bits per heavy atom. The predicted octanol–water partition coefficient (Wildman–Crippen LogP) is 3.92. The van der Waals surface area contributed by atoms with Crippen molar-refractivity contribution < 1.29 is 4.74 Å². The van der Waals surface area contributed by atoms with Gasteiger partial charge in [-0.25, -0.2) is 0 Å². The maximum absolute atomic E-state index is 5.74. The number of hydrogen-bond acceptors (Lipinski definition) is 3. The molecule has 0 spiro atoms. The fourth-order valence-corrected chi connectivity index (χ4v) is 2.17. The Balaban J connectivity index is 1.86. The summed E-state index contributed by atoms with van der Waals surface area (Å²) in [5, 5.41) is 3.36. The van der Waals surface area contributed by atoms with Crippen LogP contribution in [0.3, 0.4) is 0 Å². The summed E-state index contributed by atoms with van der Waals surface area (Å²) < 4.78 is 6.69. The molecule has 0 unspecified atom stereocenters. The van der Waals surface area contributed by atoms with E-state index in [2.05, 4.69) is 39.2 Å². The monoisotopic (exact) mass is 334 g/mol. The second-order valence-electron chi connectivity index (χ2n) is 4.55. The molecule has 0 bridgehead atoms. The number of halogens is 1. The second kappa shape index (κ2) is 8.02. The third-order valence-electron chi connectivity index (χ3n) is 2.85. The van der Waals surface area contributed by atoms with Crippen molar-refractivity contribution in [2.24, 2.45) is 0 Å². The van der Waals surface area contributed by atoms with E-state index in [0.29, 0.717) is 6.61 Å². The minimum atomic E-state index is 0.477. The fraction of sp³-hybridized carbons (Fsp3) is 0.312. The van der Waals surface area contributed by atoms with Gasteiger partial charge in [0.05, 0.1) is 10.2 Å². The summed E-state index contributed by atoms with van der Waals surface area (Å²) in [5.74, 6) is 0.836. The van der Waals surface area contributed by atoms with Crippen LogP contribution in [0, 0.1) is 0 Å². The lowest BCUT2D eigenvalue weighted by Gasteiger charge is -2.08. The van der Waals surface area contributed by atoms with Gasteiger partial charge in [-0.05, 0) is 52.7 Å². The van der Waals surface area contributed by atoms with Crippen molar-refractivity contribution in [2.75, 3.05) is 6.54 Å². The number of ether oxygens (including phenoxy) is 1. The van der Waals surface area contributed by atoms with Gasteiger partial charge in [-0.2, -0.15) is 0 Å². The topological polar surface area (TPSA) is 34.1 Å². The zero-order chi connectivity index (χ0) is 14.2. The summed E-state index contributed by atoms with van der Waals surface area (Å²) in [6, 6.07) is 11.9. The van der Waals surface area contributed by atoms with Gasteiger partial charge in [-0.3, -0.25) is 4.98 Å². The smallest absolute Gasteiger partial charge is 0.134 e. The zero-order valence-corrected chi connectivity index (χ0v) is 13.2. The molecule has 106 valence electrons. The van der Waals surface area contributed by atoms with Gasteiger partial charge in [0, 0.05) is 12.7 Å². The first-order valence-corrected chi connectivity index (χ1v) is 7.60. The Hall–Kier alpha value is -1.39. The molecule has 0 aliphatic rings. The zero-order valence-electron chi connectivity index (χ0n) is 11.6. The minimum absolute atomic E-state index is 0.477. The molecule has 1 N–H and O–H groups in total. The molecule has 1 heterocycles. The van der Waals surface area contributed by atoms with E-state index in [1.54, 1.807) is 0 Å². The number of aromatic nitrogens is 1. The van der Waals surface area contributed by atoms with Crippen LogP contribution in [0.5, 0.6) is 5.75 Å². The van der Waals surface area contributed by atoms with Crippen LogP contribution in [-0.4, -0.2) is 11.5 Å². The Labute approximate surface area is 128 Å². The molecular formula is C16H19BrN2O. The number of benzene rings is 1. The van der Waals surface area contributed by atoms with Crippen LogP contribution in [0.1, 0.15) is 24.6 Å². The van der Waals surface area contributed by atoms with E-state index in [1.165, 1.54) is 5.56 Å². The van der Waals surface area contributed by atoms with Crippen molar-refractivity contribution in [3.63, 3.8) is 0 Å². The van der Waals surface area contributed by atoms with Crippen LogP contribution >= 0.6 is 15.9 Å². The first kappa shape index (κ1) is 15.0. The molecule has 0 saturated carbocycles. The molecule has 20 heavy (non-hydrogen) atoms. The highest BCUT2D eigenvalue weighted by atomic mass is 79.9. The van der Waals surface area contributed by atoms with Crippen molar-refractivity contribution in [3.05, 3.63) is 58.3 Å². The molecule has 2 aromatic rings. The van der Waals surface area contributed by atoms with Crippen LogP contribution in [-0.2, 0) is 13.2 Å². The Bertz CT molecular complexity index is 528. The van der Waals surface area contributed by atoms with E-state index < -0.39 is 0 Å². The highest BCUT2D eigenvalue weighted by molar-refractivity contribution is 9.10. The van der Waals surface area contributed by atoms with Crippen LogP contribution in [0.25, 0.3) is 0 Å². The summed E-state index contributed by atoms with van der Waals surface area (Å²) in [4.78, 5) is 4.42. The van der Waals surface area contributed by atoms with Gasteiger partial charge in [0.2, 0.25) is 0 Å². The molecule has 0 fully saturated rings. The molecule has 1 aromatic heterocycles. The molecular weight excluding hydrogens is 316 g/mol. The molecule has 3 nitrogen and oxygen atoms in total. The lowest BCUT2D eigenvalue weighted by Crippen LogP contribution is -2.14. The molecule has 0 aliphatic heterocycles. The second-order valence-corrected chi connectivity index (χ2v) is 5.41. The quantitative estimate of drug-likeness (QED) is 0.779. The maximum Gasteiger partial charge on any atom is 0.134 e. The highest BCUT2D eigenvalue weighted by Gasteiger charge is 2.01. The van der Waals surface area contributed by atoms with Gasteiger partial charge < -0.3 is 10.1 Å². The van der Waals surface area contributed by atoms with E-state index in [9.17, 15) is 0 Å². The standard InChI is InChI=1S/C16H19BrN2O/c1-2-9-18-10-13-7-8-14(19-11-13)12-20-16-6-4-3-5-15(16)17/h3-8,11,18H,2,9-10,12H2,1H3. The average Bonchev–Trinajstić information content (AvgIpc) is 2.48. The van der Waals surface area contributed by atoms with Crippen LogP contribution in [0.2, 0.25) is 0 Å². The van der Waals surface area contributed by atoms with Crippen LogP contribution in [0.15, 0.2) is 47.1 Å². The first-order chi connectivity index (χ1) is 9.79. The van der Waals surface area contributed by atoms with Gasteiger partial charge >= 0.3 is 0 Å². The number of hydrogen-bond donors (Lipinski definition) is 1. The van der Waals surface area contributed by atoms with E-state index in [0.717, 1.165) is 35.4 Å². The predicted molar refractivity (Wildman–Crippen MR) is 84.7 cm³/mol. The third kappa shape index (κ3) is 4.62. The first-order valence-electron chi connectivity index (χ1n) is 6.81. The highest BCUT2D eigenvalue weighted by Crippen LogP contribution is 2.24. The molecule has 0 radical (unpaired) electrons. The molecule has 0 atom stereocenters. The number of nitrogens with zero attached hydrogens (tertiary/aromatic N) is 1. The van der Waals surface area contributed by atoms with Crippen LogP contribution in [0.4, 0.5) is 0 Å². The van der Waals surface area contributed by atoms with Gasteiger partial charge in [0.25, 0.3) is 0 Å². The van der Waals surface area contributed by atoms with Crippen molar-refractivity contribution in [2.45, 2.75) is 26.5 Å². The molecule has 0 saturated heterocycles. The average molecular weight is 335 g/mol. The Morgan fingerprint density at radius 3 is 2.75 bits per heavy atom. The van der Waals surface area contributed by atoms with Gasteiger partial charge in [-0.15, -0.1) is 0 Å². The maximum atomic E-state index is 5.74. The lowest BCUT2D eigenvalue weighted by atomic mass is 10.2. The summed E-state index contributed by atoms with van der Waals surface area (Å²) in [6.07, 6.45) is 3.05. The van der Waals surface area contributed by atoms with Crippen molar-refractivity contribution >= 4 is 15.9 Å². The summed E-state index contributed by atoms with van der Waals surface area (Å²) >= 11 is 3.46. The molecule has 1 aromatic carbocycles. The van der Waals surface area contributed by atoms with Crippen molar-refractivity contribution in [1.29, 1.82) is 0 Å². The SMILES string of the molecule is CCCNCc1ccc(COc2ccccc2Br)nc1. The minimum Gasteiger partial charge on any atom is -0.486 e. The Morgan fingerprint density at radius 2 is 2.05 bits per heavy atom.